The summed E-state index contributed by atoms with van der Waals surface area (Å²) in [7, 11) is 0. The molecule has 0 aliphatic rings. The van der Waals surface area contributed by atoms with Crippen molar-refractivity contribution in [2.75, 3.05) is 11.1 Å². The van der Waals surface area contributed by atoms with E-state index in [-0.39, 0.29) is 17.5 Å². The normalized spacial score (nSPS) is 10.5. The van der Waals surface area contributed by atoms with Crippen molar-refractivity contribution >= 4 is 17.5 Å². The number of aryl methyl sites for hydroxylation is 1. The lowest BCUT2D eigenvalue weighted by Crippen LogP contribution is -2.07. The Balaban J connectivity index is 1.68. The van der Waals surface area contributed by atoms with E-state index in [9.17, 15) is 10.1 Å². The average Bonchev–Trinajstić information content (AvgIpc) is 3.02. The second-order valence-electron chi connectivity index (χ2n) is 5.08. The van der Waals surface area contributed by atoms with Crippen LogP contribution in [-0.4, -0.2) is 19.9 Å². The zero-order valence-electron chi connectivity index (χ0n) is 12.8. The molecule has 3 N–H and O–H groups in total. The van der Waals surface area contributed by atoms with Gasteiger partial charge < -0.3 is 15.5 Å². The van der Waals surface area contributed by atoms with Crippen LogP contribution in [0.5, 0.6) is 0 Å². The lowest BCUT2D eigenvalue weighted by atomic mass is 10.1. The van der Waals surface area contributed by atoms with Crippen LogP contribution in [0, 0.1) is 17.0 Å². The summed E-state index contributed by atoms with van der Waals surface area (Å²) in [5.74, 6) is 0.493. The summed E-state index contributed by atoms with van der Waals surface area (Å²) in [4.78, 5) is 22.1. The molecule has 2 aromatic heterocycles. The number of anilines is 2. The monoisotopic (exact) mass is 326 g/mol. The lowest BCUT2D eigenvalue weighted by Gasteiger charge is -2.02. The molecule has 9 heteroatoms. The van der Waals surface area contributed by atoms with Gasteiger partial charge in [0.05, 0.1) is 17.2 Å². The molecule has 24 heavy (non-hydrogen) atoms. The number of aromatic nitrogens is 3. The zero-order valence-corrected chi connectivity index (χ0v) is 12.8. The molecule has 9 nitrogen and oxygen atoms in total. The van der Waals surface area contributed by atoms with Gasteiger partial charge in [0.1, 0.15) is 12.5 Å². The quantitative estimate of drug-likeness (QED) is 0.539. The summed E-state index contributed by atoms with van der Waals surface area (Å²) >= 11 is 0. The van der Waals surface area contributed by atoms with Crippen molar-refractivity contribution in [3.63, 3.8) is 0 Å². The van der Waals surface area contributed by atoms with E-state index in [0.29, 0.717) is 18.1 Å². The van der Waals surface area contributed by atoms with Gasteiger partial charge >= 0.3 is 5.69 Å². The van der Waals surface area contributed by atoms with E-state index >= 15 is 0 Å². The highest BCUT2D eigenvalue weighted by Crippen LogP contribution is 2.20. The minimum Gasteiger partial charge on any atom is -0.444 e. The summed E-state index contributed by atoms with van der Waals surface area (Å²) in [6.45, 7) is 2.30. The van der Waals surface area contributed by atoms with Crippen LogP contribution in [0.15, 0.2) is 41.1 Å². The van der Waals surface area contributed by atoms with Gasteiger partial charge in [-0.05, 0) is 19.1 Å². The minimum absolute atomic E-state index is 0.179. The van der Waals surface area contributed by atoms with E-state index in [0.717, 1.165) is 17.3 Å². The van der Waals surface area contributed by atoms with Crippen LogP contribution in [-0.2, 0) is 6.54 Å². The van der Waals surface area contributed by atoms with E-state index in [1.807, 2.05) is 31.2 Å². The van der Waals surface area contributed by atoms with Crippen molar-refractivity contribution < 1.29 is 9.34 Å². The fourth-order valence-electron chi connectivity index (χ4n) is 2.00. The van der Waals surface area contributed by atoms with Crippen molar-refractivity contribution in [3.8, 4) is 11.5 Å². The van der Waals surface area contributed by atoms with E-state index in [1.165, 1.54) is 6.26 Å². The van der Waals surface area contributed by atoms with Gasteiger partial charge in [0.15, 0.2) is 0 Å². The number of benzene rings is 1. The van der Waals surface area contributed by atoms with Gasteiger partial charge in [0.2, 0.25) is 17.7 Å². The number of nitro groups is 1. The third-order valence-corrected chi connectivity index (χ3v) is 3.27. The first-order valence-electron chi connectivity index (χ1n) is 7.05. The number of nitrogens with two attached hydrogens (primary N) is 1. The SMILES string of the molecule is Cc1ccc(-c2nc(CNc3ncc([N+](=O)[O-])c(N)n3)co2)cc1. The fraction of sp³-hybridized carbons (Fsp3) is 0.133. The van der Waals surface area contributed by atoms with Crippen molar-refractivity contribution in [2.24, 2.45) is 0 Å². The van der Waals surface area contributed by atoms with Gasteiger partial charge in [-0.2, -0.15) is 4.98 Å². The number of hydrogen-bond acceptors (Lipinski definition) is 8. The molecule has 122 valence electrons. The smallest absolute Gasteiger partial charge is 0.329 e. The number of rotatable bonds is 5. The Labute approximate surface area is 136 Å². The van der Waals surface area contributed by atoms with Gasteiger partial charge in [0, 0.05) is 5.56 Å². The zero-order chi connectivity index (χ0) is 17.1. The van der Waals surface area contributed by atoms with Crippen molar-refractivity contribution in [2.45, 2.75) is 13.5 Å². The molecule has 0 fully saturated rings. The van der Waals surface area contributed by atoms with Gasteiger partial charge in [-0.3, -0.25) is 10.1 Å². The standard InChI is InChI=1S/C15H14N6O3/c1-9-2-4-10(5-3-9)14-19-11(8-24-14)6-17-15-18-7-12(21(22)23)13(16)20-15/h2-5,7-8H,6H2,1H3,(H3,16,17,18,20). The van der Waals surface area contributed by atoms with Crippen molar-refractivity contribution in [1.82, 2.24) is 15.0 Å². The van der Waals surface area contributed by atoms with Gasteiger partial charge in [0.25, 0.3) is 0 Å². The molecule has 0 radical (unpaired) electrons. The topological polar surface area (TPSA) is 133 Å². The van der Waals surface area contributed by atoms with Gasteiger partial charge in [-0.15, -0.1) is 0 Å². The Morgan fingerprint density at radius 2 is 2.04 bits per heavy atom. The second-order valence-corrected chi connectivity index (χ2v) is 5.08. The average molecular weight is 326 g/mol. The Bertz CT molecular complexity index is 875. The Morgan fingerprint density at radius 1 is 1.29 bits per heavy atom. The highest BCUT2D eigenvalue weighted by Gasteiger charge is 2.14. The molecule has 0 saturated carbocycles. The second kappa shape index (κ2) is 6.32. The first kappa shape index (κ1) is 15.4. The molecular weight excluding hydrogens is 312 g/mol. The maximum Gasteiger partial charge on any atom is 0.329 e. The number of nitrogens with zero attached hydrogens (tertiary/aromatic N) is 4. The minimum atomic E-state index is -0.634. The molecule has 0 aliphatic heterocycles. The molecular formula is C15H14N6O3. The summed E-state index contributed by atoms with van der Waals surface area (Å²) in [6, 6.07) is 7.81. The molecule has 0 amide bonds. The maximum atomic E-state index is 10.7. The number of oxazole rings is 1. The Morgan fingerprint density at radius 3 is 2.71 bits per heavy atom. The molecule has 0 bridgehead atoms. The van der Waals surface area contributed by atoms with Crippen LogP contribution >= 0.6 is 0 Å². The molecule has 0 aliphatic carbocycles. The van der Waals surface area contributed by atoms with Crippen LogP contribution in [0.25, 0.3) is 11.5 Å². The largest absolute Gasteiger partial charge is 0.444 e. The molecule has 3 rings (SSSR count). The lowest BCUT2D eigenvalue weighted by molar-refractivity contribution is -0.384. The molecule has 0 unspecified atom stereocenters. The highest BCUT2D eigenvalue weighted by molar-refractivity contribution is 5.54. The van der Waals surface area contributed by atoms with E-state index < -0.39 is 4.92 Å². The molecule has 1 aromatic carbocycles. The molecule has 3 aromatic rings. The summed E-state index contributed by atoms with van der Waals surface area (Å²) in [5, 5.41) is 13.6. The summed E-state index contributed by atoms with van der Waals surface area (Å²) in [6.07, 6.45) is 2.59. The van der Waals surface area contributed by atoms with Crippen LogP contribution < -0.4 is 11.1 Å². The van der Waals surface area contributed by atoms with Gasteiger partial charge in [-0.1, -0.05) is 17.7 Å². The highest BCUT2D eigenvalue weighted by atomic mass is 16.6. The van der Waals surface area contributed by atoms with Crippen LogP contribution in [0.2, 0.25) is 0 Å². The Kier molecular flexibility index (Phi) is 4.06. The number of nitrogen functional groups attached to an aromatic ring is 1. The third kappa shape index (κ3) is 3.29. The predicted molar refractivity (Wildman–Crippen MR) is 87.1 cm³/mol. The van der Waals surface area contributed by atoms with Crippen LogP contribution in [0.3, 0.4) is 0 Å². The maximum absolute atomic E-state index is 10.7. The first-order chi connectivity index (χ1) is 11.5. The number of nitrogens with one attached hydrogen (secondary N) is 1. The molecule has 0 atom stereocenters. The molecule has 0 spiro atoms. The fourth-order valence-corrected chi connectivity index (χ4v) is 2.00. The van der Waals surface area contributed by atoms with Crippen LogP contribution in [0.4, 0.5) is 17.5 Å². The molecule has 2 heterocycles. The van der Waals surface area contributed by atoms with Crippen LogP contribution in [0.1, 0.15) is 11.3 Å². The van der Waals surface area contributed by atoms with E-state index in [2.05, 4.69) is 20.3 Å². The predicted octanol–water partition coefficient (Wildman–Crippen LogP) is 2.54. The van der Waals surface area contributed by atoms with E-state index in [4.69, 9.17) is 10.2 Å². The summed E-state index contributed by atoms with van der Waals surface area (Å²) in [5.41, 5.74) is 7.86. The third-order valence-electron chi connectivity index (χ3n) is 3.27. The van der Waals surface area contributed by atoms with Gasteiger partial charge in [-0.25, -0.2) is 9.97 Å². The Hall–Kier alpha value is -3.49. The van der Waals surface area contributed by atoms with Crippen molar-refractivity contribution in [3.05, 3.63) is 58.1 Å². The summed E-state index contributed by atoms with van der Waals surface area (Å²) < 4.78 is 5.45. The van der Waals surface area contributed by atoms with E-state index in [1.54, 1.807) is 0 Å². The number of hydrogen-bond donors (Lipinski definition) is 2. The first-order valence-corrected chi connectivity index (χ1v) is 7.05. The molecule has 0 saturated heterocycles. The van der Waals surface area contributed by atoms with Crippen molar-refractivity contribution in [1.29, 1.82) is 0 Å².